The number of carbonyl (C=O) groups is 1. The van der Waals surface area contributed by atoms with E-state index < -0.39 is 27.7 Å². The van der Waals surface area contributed by atoms with Crippen LogP contribution in [0, 0.1) is 0 Å². The molecule has 0 radical (unpaired) electrons. The number of alkyl halides is 3. The predicted octanol–water partition coefficient (Wildman–Crippen LogP) is 3.42. The minimum absolute atomic E-state index is 0.0409. The van der Waals surface area contributed by atoms with Crippen molar-refractivity contribution in [1.29, 1.82) is 0 Å². The van der Waals surface area contributed by atoms with E-state index in [1.807, 2.05) is 6.07 Å². The summed E-state index contributed by atoms with van der Waals surface area (Å²) in [7, 11) is -3.90. The molecule has 2 aliphatic heterocycles. The monoisotopic (exact) mass is 679 g/mol. The molecule has 5 rings (SSSR count). The van der Waals surface area contributed by atoms with Crippen molar-refractivity contribution in [3.05, 3.63) is 76.4 Å². The maximum absolute atomic E-state index is 13.5. The Bertz CT molecular complexity index is 1630. The fraction of sp³-hybridized carbons (Fsp3) is 0.419. The molecule has 15 heteroatoms. The van der Waals surface area contributed by atoms with Crippen LogP contribution in [0.5, 0.6) is 0 Å². The van der Waals surface area contributed by atoms with Crippen LogP contribution in [0.2, 0.25) is 5.15 Å². The largest absolute Gasteiger partial charge is 0.416 e. The van der Waals surface area contributed by atoms with Gasteiger partial charge in [-0.15, -0.1) is 0 Å². The number of benzene rings is 2. The Hall–Kier alpha value is -3.27. The summed E-state index contributed by atoms with van der Waals surface area (Å²) >= 11 is 5.84. The first kappa shape index (κ1) is 34.1. The van der Waals surface area contributed by atoms with Crippen LogP contribution in [-0.4, -0.2) is 94.0 Å². The van der Waals surface area contributed by atoms with Gasteiger partial charge in [-0.3, -0.25) is 4.79 Å². The molecule has 0 saturated carbocycles. The van der Waals surface area contributed by atoms with Crippen molar-refractivity contribution < 1.29 is 26.4 Å². The highest BCUT2D eigenvalue weighted by Gasteiger charge is 2.34. The Morgan fingerprint density at radius 3 is 2.35 bits per heavy atom. The molecule has 2 saturated heterocycles. The number of piperazine rings is 2. The van der Waals surface area contributed by atoms with Crippen molar-refractivity contribution in [1.82, 2.24) is 24.8 Å². The van der Waals surface area contributed by atoms with Crippen LogP contribution >= 0.6 is 11.6 Å². The average Bonchev–Trinajstić information content (AvgIpc) is 3.04. The van der Waals surface area contributed by atoms with Crippen LogP contribution in [0.15, 0.2) is 59.5 Å². The van der Waals surface area contributed by atoms with Crippen molar-refractivity contribution >= 4 is 33.3 Å². The van der Waals surface area contributed by atoms with Gasteiger partial charge in [0.2, 0.25) is 15.9 Å². The molecule has 10 nitrogen and oxygen atoms in total. The van der Waals surface area contributed by atoms with Gasteiger partial charge < -0.3 is 26.2 Å². The molecular weight excluding hydrogens is 643 g/mol. The number of amides is 1. The minimum atomic E-state index is -4.58. The lowest BCUT2D eigenvalue weighted by Crippen LogP contribution is -2.49. The molecule has 4 N–H and O–H groups in total. The van der Waals surface area contributed by atoms with Crippen LogP contribution in [0.4, 0.5) is 19.0 Å². The number of aromatic nitrogens is 1. The third kappa shape index (κ3) is 8.17. The van der Waals surface area contributed by atoms with E-state index in [-0.39, 0.29) is 42.0 Å². The summed E-state index contributed by atoms with van der Waals surface area (Å²) in [6.07, 6.45) is -3.60. The van der Waals surface area contributed by atoms with E-state index in [2.05, 4.69) is 20.5 Å². The van der Waals surface area contributed by atoms with Gasteiger partial charge in [0.15, 0.2) is 0 Å². The minimum Gasteiger partial charge on any atom is -0.366 e. The lowest BCUT2D eigenvalue weighted by molar-refractivity contribution is -0.137. The topological polar surface area (TPSA) is 124 Å². The fourth-order valence-electron chi connectivity index (χ4n) is 5.79. The summed E-state index contributed by atoms with van der Waals surface area (Å²) in [4.78, 5) is 20.4. The van der Waals surface area contributed by atoms with Crippen molar-refractivity contribution in [3.63, 3.8) is 0 Å². The number of halogens is 4. The number of primary amides is 1. The molecule has 0 spiro atoms. The van der Waals surface area contributed by atoms with E-state index in [0.29, 0.717) is 23.2 Å². The third-order valence-electron chi connectivity index (χ3n) is 8.22. The Labute approximate surface area is 271 Å². The van der Waals surface area contributed by atoms with E-state index in [9.17, 15) is 26.4 Å². The molecule has 0 unspecified atom stereocenters. The molecule has 0 aliphatic carbocycles. The van der Waals surface area contributed by atoms with Gasteiger partial charge in [0.1, 0.15) is 11.0 Å². The fourth-order valence-corrected chi connectivity index (χ4v) is 7.41. The molecule has 1 amide bonds. The lowest BCUT2D eigenvalue weighted by atomic mass is 9.94. The normalized spacial score (nSPS) is 16.9. The zero-order valence-corrected chi connectivity index (χ0v) is 26.8. The molecule has 2 aliphatic rings. The molecule has 2 aromatic carbocycles. The summed E-state index contributed by atoms with van der Waals surface area (Å²) in [5.74, 6) is -0.541. The highest BCUT2D eigenvalue weighted by molar-refractivity contribution is 7.89. The van der Waals surface area contributed by atoms with Crippen molar-refractivity contribution in [3.8, 4) is 11.1 Å². The highest BCUT2D eigenvalue weighted by atomic mass is 35.5. The van der Waals surface area contributed by atoms with Gasteiger partial charge >= 0.3 is 6.18 Å². The lowest BCUT2D eigenvalue weighted by Gasteiger charge is -2.35. The Kier molecular flexibility index (Phi) is 10.9. The number of rotatable bonds is 11. The maximum atomic E-state index is 13.5. The van der Waals surface area contributed by atoms with E-state index in [1.54, 1.807) is 29.2 Å². The molecule has 0 bridgehead atoms. The Balaban J connectivity index is 1.25. The molecule has 1 aromatic heterocycles. The third-order valence-corrected chi connectivity index (χ3v) is 10.3. The van der Waals surface area contributed by atoms with E-state index in [0.717, 1.165) is 63.4 Å². The zero-order chi connectivity index (χ0) is 32.9. The van der Waals surface area contributed by atoms with Gasteiger partial charge in [0.25, 0.3) is 0 Å². The molecular formula is C31H37ClF3N7O3S. The highest BCUT2D eigenvalue weighted by Crippen LogP contribution is 2.34. The van der Waals surface area contributed by atoms with E-state index in [1.165, 1.54) is 16.4 Å². The number of nitrogens with two attached hydrogens (primary N) is 1. The number of hydrogen-bond acceptors (Lipinski definition) is 8. The van der Waals surface area contributed by atoms with Gasteiger partial charge in [-0.05, 0) is 66.5 Å². The van der Waals surface area contributed by atoms with Crippen molar-refractivity contribution in [2.75, 3.05) is 70.3 Å². The second-order valence-electron chi connectivity index (χ2n) is 11.3. The molecule has 46 heavy (non-hydrogen) atoms. The van der Waals surface area contributed by atoms with E-state index in [4.69, 9.17) is 17.3 Å². The summed E-state index contributed by atoms with van der Waals surface area (Å²) < 4.78 is 68.1. The average molecular weight is 680 g/mol. The number of carbonyl (C=O) groups excluding carboxylic acids is 1. The van der Waals surface area contributed by atoms with Gasteiger partial charge in [-0.25, -0.2) is 13.4 Å². The number of nitrogens with one attached hydrogen (secondary N) is 2. The van der Waals surface area contributed by atoms with Gasteiger partial charge in [-0.2, -0.15) is 17.5 Å². The standard InChI is InChI=1S/C31H37ClF3N7O3S/c32-27-19-24(31(33,34)35)20-28(39-27)41-15-17-42(18-16-41)46(44,45)25-7-5-22(6-8-25)29-23(3-1-4-26(29)30(36)43)21-38-9-2-12-40-13-10-37-11-14-40/h1,3-8,19-20,37-38H,2,9-18,21H2,(H2,36,43). The first-order valence-electron chi connectivity index (χ1n) is 15.1. The Morgan fingerprint density at radius 2 is 1.70 bits per heavy atom. The number of hydrogen-bond donors (Lipinski definition) is 3. The summed E-state index contributed by atoms with van der Waals surface area (Å²) in [6, 6.07) is 13.3. The second kappa shape index (κ2) is 14.7. The molecule has 3 heterocycles. The van der Waals surface area contributed by atoms with Gasteiger partial charge in [0, 0.05) is 64.5 Å². The number of anilines is 1. The van der Waals surface area contributed by atoms with Crippen LogP contribution in [-0.2, 0) is 22.7 Å². The summed E-state index contributed by atoms with van der Waals surface area (Å²) in [5, 5.41) is 6.52. The van der Waals surface area contributed by atoms with Crippen LogP contribution in [0.1, 0.15) is 27.9 Å². The summed E-state index contributed by atoms with van der Waals surface area (Å²) in [6.45, 7) is 6.78. The van der Waals surface area contributed by atoms with Crippen molar-refractivity contribution in [2.24, 2.45) is 5.73 Å². The molecule has 248 valence electrons. The molecule has 3 aromatic rings. The quantitative estimate of drug-likeness (QED) is 0.208. The predicted molar refractivity (Wildman–Crippen MR) is 171 cm³/mol. The van der Waals surface area contributed by atoms with Crippen LogP contribution < -0.4 is 21.3 Å². The SMILES string of the molecule is NC(=O)c1cccc(CNCCCN2CCNCC2)c1-c1ccc(S(=O)(=O)N2CCN(c3cc(C(F)(F)F)cc(Cl)n3)CC2)cc1. The number of pyridine rings is 1. The summed E-state index contributed by atoms with van der Waals surface area (Å²) in [5.41, 5.74) is 7.32. The second-order valence-corrected chi connectivity index (χ2v) is 13.6. The first-order valence-corrected chi connectivity index (χ1v) is 16.9. The van der Waals surface area contributed by atoms with E-state index >= 15 is 0 Å². The van der Waals surface area contributed by atoms with Gasteiger partial charge in [0.05, 0.1) is 10.5 Å². The smallest absolute Gasteiger partial charge is 0.366 e. The van der Waals surface area contributed by atoms with Crippen molar-refractivity contribution in [2.45, 2.75) is 24.0 Å². The van der Waals surface area contributed by atoms with Crippen LogP contribution in [0.25, 0.3) is 11.1 Å². The maximum Gasteiger partial charge on any atom is 0.416 e. The molecule has 0 atom stereocenters. The number of sulfonamides is 1. The van der Waals surface area contributed by atoms with Crippen LogP contribution in [0.3, 0.4) is 0 Å². The zero-order valence-electron chi connectivity index (χ0n) is 25.2. The molecule has 2 fully saturated rings. The Morgan fingerprint density at radius 1 is 1.00 bits per heavy atom. The number of nitrogens with zero attached hydrogens (tertiary/aromatic N) is 4. The first-order chi connectivity index (χ1) is 21.9. The van der Waals surface area contributed by atoms with Gasteiger partial charge in [-0.1, -0.05) is 35.9 Å².